The number of carbonyl (C=O) groups is 2. The zero-order valence-corrected chi connectivity index (χ0v) is 11.6. The van der Waals surface area contributed by atoms with Crippen molar-refractivity contribution in [3.8, 4) is 0 Å². The van der Waals surface area contributed by atoms with Gasteiger partial charge in [0.1, 0.15) is 11.3 Å². The van der Waals surface area contributed by atoms with Crippen LogP contribution in [0.1, 0.15) is 26.4 Å². The minimum Gasteiger partial charge on any atom is -0.478 e. The van der Waals surface area contributed by atoms with Crippen molar-refractivity contribution in [3.63, 3.8) is 0 Å². The third-order valence-corrected chi connectivity index (χ3v) is 3.22. The highest BCUT2D eigenvalue weighted by Gasteiger charge is 2.21. The summed E-state index contributed by atoms with van der Waals surface area (Å²) in [5, 5.41) is 15.9. The van der Waals surface area contributed by atoms with Gasteiger partial charge < -0.3 is 10.4 Å². The van der Waals surface area contributed by atoms with Gasteiger partial charge >= 0.3 is 5.97 Å². The molecule has 0 saturated carbocycles. The molecule has 0 bridgehead atoms. The topological polar surface area (TPSA) is 84.2 Å². The van der Waals surface area contributed by atoms with Crippen LogP contribution in [0.3, 0.4) is 0 Å². The Kier molecular flexibility index (Phi) is 3.76. The summed E-state index contributed by atoms with van der Waals surface area (Å²) < 4.78 is 1.22. The largest absolute Gasteiger partial charge is 0.478 e. The number of halogens is 1. The number of carbonyl (C=O) groups excluding carboxylic acids is 1. The molecule has 1 aromatic carbocycles. The average molecular weight is 294 g/mol. The maximum Gasteiger partial charge on any atom is 0.339 e. The fourth-order valence-corrected chi connectivity index (χ4v) is 1.90. The molecule has 0 spiro atoms. The van der Waals surface area contributed by atoms with E-state index in [0.29, 0.717) is 10.7 Å². The highest BCUT2D eigenvalue weighted by atomic mass is 35.5. The summed E-state index contributed by atoms with van der Waals surface area (Å²) in [5.74, 6) is -1.76. The molecule has 104 valence electrons. The molecule has 0 unspecified atom stereocenters. The molecule has 2 rings (SSSR count). The number of hydrogen-bond acceptors (Lipinski definition) is 3. The van der Waals surface area contributed by atoms with E-state index in [4.69, 9.17) is 16.7 Å². The molecule has 0 atom stereocenters. The van der Waals surface area contributed by atoms with Crippen LogP contribution in [0.2, 0.25) is 5.02 Å². The van der Waals surface area contributed by atoms with Gasteiger partial charge in [-0.3, -0.25) is 9.48 Å². The van der Waals surface area contributed by atoms with Gasteiger partial charge in [-0.05, 0) is 24.6 Å². The van der Waals surface area contributed by atoms with Gasteiger partial charge in [-0.1, -0.05) is 17.7 Å². The van der Waals surface area contributed by atoms with E-state index in [-0.39, 0.29) is 11.3 Å². The standard InChI is InChI=1S/C13H12ClN3O3/c1-7-3-4-8(5-10(7)14)16-12(18)11-9(13(19)20)6-15-17(11)2/h3-6H,1-2H3,(H,16,18)(H,19,20). The van der Waals surface area contributed by atoms with Crippen molar-refractivity contribution < 1.29 is 14.7 Å². The van der Waals surface area contributed by atoms with E-state index in [2.05, 4.69) is 10.4 Å². The van der Waals surface area contributed by atoms with E-state index in [9.17, 15) is 9.59 Å². The second-order valence-corrected chi connectivity index (χ2v) is 4.66. The molecule has 7 heteroatoms. The van der Waals surface area contributed by atoms with Crippen LogP contribution < -0.4 is 5.32 Å². The van der Waals surface area contributed by atoms with Crippen molar-refractivity contribution in [1.29, 1.82) is 0 Å². The van der Waals surface area contributed by atoms with Crippen LogP contribution in [0.5, 0.6) is 0 Å². The van der Waals surface area contributed by atoms with E-state index in [1.54, 1.807) is 18.2 Å². The molecule has 2 N–H and O–H groups in total. The maximum absolute atomic E-state index is 12.1. The number of carboxylic acid groups (broad SMARTS) is 1. The number of anilines is 1. The summed E-state index contributed by atoms with van der Waals surface area (Å²) in [6.45, 7) is 1.84. The highest BCUT2D eigenvalue weighted by molar-refractivity contribution is 6.31. The summed E-state index contributed by atoms with van der Waals surface area (Å²) in [6, 6.07) is 5.06. The molecule has 0 aliphatic rings. The number of aromatic carboxylic acids is 1. The predicted octanol–water partition coefficient (Wildman–Crippen LogP) is 2.33. The van der Waals surface area contributed by atoms with Gasteiger partial charge in [0.2, 0.25) is 0 Å². The Morgan fingerprint density at radius 2 is 2.10 bits per heavy atom. The highest BCUT2D eigenvalue weighted by Crippen LogP contribution is 2.21. The quantitative estimate of drug-likeness (QED) is 0.909. The van der Waals surface area contributed by atoms with Gasteiger partial charge in [-0.15, -0.1) is 0 Å². The molecule has 1 amide bonds. The first-order valence-electron chi connectivity index (χ1n) is 5.73. The molecular formula is C13H12ClN3O3. The van der Waals surface area contributed by atoms with Crippen molar-refractivity contribution in [1.82, 2.24) is 9.78 Å². The molecule has 20 heavy (non-hydrogen) atoms. The third kappa shape index (κ3) is 2.65. The van der Waals surface area contributed by atoms with Gasteiger partial charge in [0.15, 0.2) is 0 Å². The number of benzene rings is 1. The molecule has 0 saturated heterocycles. The van der Waals surface area contributed by atoms with Gasteiger partial charge in [-0.25, -0.2) is 4.79 Å². The Labute approximate surface area is 120 Å². The first-order chi connectivity index (χ1) is 9.40. The molecule has 0 radical (unpaired) electrons. The zero-order chi connectivity index (χ0) is 14.9. The van der Waals surface area contributed by atoms with E-state index in [0.717, 1.165) is 11.8 Å². The Morgan fingerprint density at radius 1 is 1.40 bits per heavy atom. The number of nitrogens with one attached hydrogen (secondary N) is 1. The molecule has 6 nitrogen and oxygen atoms in total. The third-order valence-electron chi connectivity index (χ3n) is 2.81. The number of amides is 1. The smallest absolute Gasteiger partial charge is 0.339 e. The number of carboxylic acids is 1. The van der Waals surface area contributed by atoms with E-state index in [1.807, 2.05) is 6.92 Å². The molecule has 1 aromatic heterocycles. The monoisotopic (exact) mass is 293 g/mol. The summed E-state index contributed by atoms with van der Waals surface area (Å²) in [4.78, 5) is 23.2. The number of aromatic nitrogens is 2. The number of aryl methyl sites for hydroxylation is 2. The van der Waals surface area contributed by atoms with Crippen LogP contribution in [0.4, 0.5) is 5.69 Å². The fraction of sp³-hybridized carbons (Fsp3) is 0.154. The lowest BCUT2D eigenvalue weighted by Gasteiger charge is -2.08. The molecule has 2 aromatic rings. The lowest BCUT2D eigenvalue weighted by molar-refractivity contribution is 0.0692. The van der Waals surface area contributed by atoms with E-state index in [1.165, 1.54) is 11.7 Å². The van der Waals surface area contributed by atoms with Crippen LogP contribution in [0, 0.1) is 6.92 Å². The van der Waals surface area contributed by atoms with Crippen LogP contribution in [0.25, 0.3) is 0 Å². The summed E-state index contributed by atoms with van der Waals surface area (Å²) in [7, 11) is 1.50. The summed E-state index contributed by atoms with van der Waals surface area (Å²) in [6.07, 6.45) is 1.14. The van der Waals surface area contributed by atoms with Gasteiger partial charge in [0.25, 0.3) is 5.91 Å². The van der Waals surface area contributed by atoms with Crippen LogP contribution in [-0.4, -0.2) is 26.8 Å². The van der Waals surface area contributed by atoms with Crippen molar-refractivity contribution in [3.05, 3.63) is 46.2 Å². The number of nitrogens with zero attached hydrogens (tertiary/aromatic N) is 2. The minimum atomic E-state index is -1.20. The Balaban J connectivity index is 2.30. The van der Waals surface area contributed by atoms with E-state index < -0.39 is 11.9 Å². The van der Waals surface area contributed by atoms with Crippen LogP contribution >= 0.6 is 11.6 Å². The van der Waals surface area contributed by atoms with Crippen molar-refractivity contribution in [2.45, 2.75) is 6.92 Å². The number of hydrogen-bond donors (Lipinski definition) is 2. The second kappa shape index (κ2) is 5.34. The summed E-state index contributed by atoms with van der Waals surface area (Å²) in [5.41, 5.74) is 1.21. The minimum absolute atomic E-state index is 0.0193. The number of rotatable bonds is 3. The average Bonchev–Trinajstić information content (AvgIpc) is 2.76. The van der Waals surface area contributed by atoms with E-state index >= 15 is 0 Å². The van der Waals surface area contributed by atoms with Crippen LogP contribution in [-0.2, 0) is 7.05 Å². The van der Waals surface area contributed by atoms with Gasteiger partial charge in [0, 0.05) is 17.8 Å². The Bertz CT molecular complexity index is 694. The Morgan fingerprint density at radius 3 is 2.70 bits per heavy atom. The Hall–Kier alpha value is -2.34. The van der Waals surface area contributed by atoms with Gasteiger partial charge in [0.05, 0.1) is 6.20 Å². The summed E-state index contributed by atoms with van der Waals surface area (Å²) >= 11 is 5.97. The van der Waals surface area contributed by atoms with Crippen LogP contribution in [0.15, 0.2) is 24.4 Å². The predicted molar refractivity (Wildman–Crippen MR) is 74.3 cm³/mol. The van der Waals surface area contributed by atoms with Crippen molar-refractivity contribution in [2.75, 3.05) is 5.32 Å². The maximum atomic E-state index is 12.1. The molecular weight excluding hydrogens is 282 g/mol. The first-order valence-corrected chi connectivity index (χ1v) is 6.10. The van der Waals surface area contributed by atoms with Gasteiger partial charge in [-0.2, -0.15) is 5.10 Å². The fourth-order valence-electron chi connectivity index (χ4n) is 1.72. The SMILES string of the molecule is Cc1ccc(NC(=O)c2c(C(=O)O)cnn2C)cc1Cl. The normalized spacial score (nSPS) is 10.3. The van der Waals surface area contributed by atoms with Crippen molar-refractivity contribution in [2.24, 2.45) is 7.05 Å². The molecule has 0 aliphatic heterocycles. The molecule has 0 fully saturated rings. The molecule has 1 heterocycles. The zero-order valence-electron chi connectivity index (χ0n) is 10.8. The lowest BCUT2D eigenvalue weighted by Crippen LogP contribution is -2.19. The van der Waals surface area contributed by atoms with Crippen molar-refractivity contribution >= 4 is 29.2 Å². The molecule has 0 aliphatic carbocycles. The lowest BCUT2D eigenvalue weighted by atomic mass is 10.2. The first kappa shape index (κ1) is 14.1. The second-order valence-electron chi connectivity index (χ2n) is 4.25.